The van der Waals surface area contributed by atoms with E-state index >= 15 is 0 Å². The highest BCUT2D eigenvalue weighted by molar-refractivity contribution is 6.34. The first kappa shape index (κ1) is 16.5. The Kier molecular flexibility index (Phi) is 4.63. The molecule has 0 fully saturated rings. The molecule has 0 bridgehead atoms. The van der Waals surface area contributed by atoms with Gasteiger partial charge in [-0.05, 0) is 37.6 Å². The monoisotopic (exact) mass is 328 g/mol. The fraction of sp³-hybridized carbons (Fsp3) is 0.125. The SMILES string of the molecule is Cc1ccc(C(N)=O)c(C(=O)Nc2c(Cl)ccc(C)c2C#N)n1. The van der Waals surface area contributed by atoms with Crippen LogP contribution in [0.4, 0.5) is 5.69 Å². The van der Waals surface area contributed by atoms with E-state index in [1.54, 1.807) is 32.0 Å². The zero-order valence-corrected chi connectivity index (χ0v) is 13.2. The van der Waals surface area contributed by atoms with Gasteiger partial charge in [0.15, 0.2) is 0 Å². The van der Waals surface area contributed by atoms with Crippen LogP contribution in [-0.2, 0) is 0 Å². The van der Waals surface area contributed by atoms with Crippen LogP contribution in [-0.4, -0.2) is 16.8 Å². The molecule has 3 N–H and O–H groups in total. The van der Waals surface area contributed by atoms with Crippen molar-refractivity contribution in [2.75, 3.05) is 5.32 Å². The third kappa shape index (κ3) is 3.30. The molecule has 0 aliphatic carbocycles. The van der Waals surface area contributed by atoms with E-state index in [0.29, 0.717) is 11.3 Å². The van der Waals surface area contributed by atoms with Gasteiger partial charge in [0.25, 0.3) is 11.8 Å². The van der Waals surface area contributed by atoms with Crippen LogP contribution in [0.25, 0.3) is 0 Å². The molecule has 0 aliphatic heterocycles. The van der Waals surface area contributed by atoms with Crippen molar-refractivity contribution < 1.29 is 9.59 Å². The van der Waals surface area contributed by atoms with Crippen molar-refractivity contribution >= 4 is 29.1 Å². The number of carbonyl (C=O) groups excluding carboxylic acids is 2. The Morgan fingerprint density at radius 2 is 1.96 bits per heavy atom. The molecule has 2 aromatic rings. The smallest absolute Gasteiger partial charge is 0.275 e. The molecule has 0 aliphatic rings. The first-order valence-electron chi connectivity index (χ1n) is 6.63. The number of hydrogen-bond acceptors (Lipinski definition) is 4. The van der Waals surface area contributed by atoms with Crippen LogP contribution >= 0.6 is 11.6 Å². The number of pyridine rings is 1. The van der Waals surface area contributed by atoms with Crippen molar-refractivity contribution in [3.63, 3.8) is 0 Å². The maximum Gasteiger partial charge on any atom is 0.275 e. The number of anilines is 1. The summed E-state index contributed by atoms with van der Waals surface area (Å²) in [5, 5.41) is 12.0. The maximum absolute atomic E-state index is 12.5. The van der Waals surface area contributed by atoms with Crippen LogP contribution in [0.2, 0.25) is 5.02 Å². The quantitative estimate of drug-likeness (QED) is 0.902. The van der Waals surface area contributed by atoms with Crippen LogP contribution < -0.4 is 11.1 Å². The van der Waals surface area contributed by atoms with Crippen molar-refractivity contribution in [3.05, 3.63) is 57.4 Å². The molecule has 1 aromatic carbocycles. The van der Waals surface area contributed by atoms with Gasteiger partial charge < -0.3 is 11.1 Å². The molecule has 2 amide bonds. The predicted octanol–water partition coefficient (Wildman–Crippen LogP) is 2.57. The first-order valence-corrected chi connectivity index (χ1v) is 7.01. The highest BCUT2D eigenvalue weighted by Crippen LogP contribution is 2.28. The number of nitrogens with one attached hydrogen (secondary N) is 1. The number of primary amides is 1. The number of rotatable bonds is 3. The van der Waals surface area contributed by atoms with Gasteiger partial charge in [0.05, 0.1) is 21.8 Å². The molecule has 0 unspecified atom stereocenters. The van der Waals surface area contributed by atoms with Gasteiger partial charge in [0.2, 0.25) is 0 Å². The minimum absolute atomic E-state index is 0.00427. The van der Waals surface area contributed by atoms with Gasteiger partial charge in [0.1, 0.15) is 11.8 Å². The van der Waals surface area contributed by atoms with E-state index in [9.17, 15) is 14.9 Å². The Morgan fingerprint density at radius 3 is 2.57 bits per heavy atom. The highest BCUT2D eigenvalue weighted by atomic mass is 35.5. The number of benzene rings is 1. The lowest BCUT2D eigenvalue weighted by Crippen LogP contribution is -2.22. The van der Waals surface area contributed by atoms with Crippen molar-refractivity contribution in [1.29, 1.82) is 5.26 Å². The molecule has 6 nitrogen and oxygen atoms in total. The molecule has 116 valence electrons. The number of carbonyl (C=O) groups is 2. The topological polar surface area (TPSA) is 109 Å². The third-order valence-electron chi connectivity index (χ3n) is 3.23. The second-order valence-electron chi connectivity index (χ2n) is 4.89. The molecular weight excluding hydrogens is 316 g/mol. The van der Waals surface area contributed by atoms with Crippen molar-refractivity contribution in [2.24, 2.45) is 5.73 Å². The minimum Gasteiger partial charge on any atom is -0.366 e. The number of halogens is 1. The largest absolute Gasteiger partial charge is 0.366 e. The summed E-state index contributed by atoms with van der Waals surface area (Å²) in [6.45, 7) is 3.41. The molecule has 1 heterocycles. The lowest BCUT2D eigenvalue weighted by molar-refractivity contribution is 0.0974. The number of aryl methyl sites for hydroxylation is 2. The van der Waals surface area contributed by atoms with E-state index in [1.807, 2.05) is 6.07 Å². The number of aromatic nitrogens is 1. The van der Waals surface area contributed by atoms with Gasteiger partial charge >= 0.3 is 0 Å². The molecule has 1 aromatic heterocycles. The molecule has 0 spiro atoms. The summed E-state index contributed by atoms with van der Waals surface area (Å²) in [6, 6.07) is 8.27. The first-order chi connectivity index (χ1) is 10.8. The number of hydrogen-bond donors (Lipinski definition) is 2. The Bertz CT molecular complexity index is 856. The molecule has 0 atom stereocenters. The summed E-state index contributed by atoms with van der Waals surface area (Å²) in [6.07, 6.45) is 0. The fourth-order valence-electron chi connectivity index (χ4n) is 2.05. The van der Waals surface area contributed by atoms with Crippen molar-refractivity contribution in [2.45, 2.75) is 13.8 Å². The third-order valence-corrected chi connectivity index (χ3v) is 3.54. The number of nitrogens with two attached hydrogens (primary N) is 1. The van der Waals surface area contributed by atoms with Crippen LogP contribution in [0.3, 0.4) is 0 Å². The van der Waals surface area contributed by atoms with E-state index in [0.717, 1.165) is 0 Å². The molecule has 23 heavy (non-hydrogen) atoms. The second-order valence-corrected chi connectivity index (χ2v) is 5.30. The zero-order chi connectivity index (χ0) is 17.1. The number of amides is 2. The van der Waals surface area contributed by atoms with E-state index in [2.05, 4.69) is 10.3 Å². The van der Waals surface area contributed by atoms with Gasteiger partial charge in [0, 0.05) is 5.69 Å². The van der Waals surface area contributed by atoms with E-state index in [4.69, 9.17) is 17.3 Å². The molecular formula is C16H13ClN4O2. The van der Waals surface area contributed by atoms with E-state index in [1.165, 1.54) is 6.07 Å². The van der Waals surface area contributed by atoms with Gasteiger partial charge in [-0.3, -0.25) is 9.59 Å². The molecule has 7 heteroatoms. The van der Waals surface area contributed by atoms with Gasteiger partial charge in [-0.2, -0.15) is 5.26 Å². The van der Waals surface area contributed by atoms with Crippen LogP contribution in [0.5, 0.6) is 0 Å². The van der Waals surface area contributed by atoms with Crippen LogP contribution in [0.15, 0.2) is 24.3 Å². The van der Waals surface area contributed by atoms with Gasteiger partial charge in [-0.1, -0.05) is 17.7 Å². The summed E-state index contributed by atoms with van der Waals surface area (Å²) in [4.78, 5) is 28.0. The zero-order valence-electron chi connectivity index (χ0n) is 12.5. The van der Waals surface area contributed by atoms with Crippen molar-refractivity contribution in [3.8, 4) is 6.07 Å². The average molecular weight is 329 g/mol. The standard InChI is InChI=1S/C16H13ClN4O2/c1-8-3-6-12(17)13(11(8)7-18)21-16(23)14-10(15(19)22)5-4-9(2)20-14/h3-6H,1-2H3,(H2,19,22)(H,21,23). The number of nitrogens with zero attached hydrogens (tertiary/aromatic N) is 2. The minimum atomic E-state index is -0.765. The second kappa shape index (κ2) is 6.46. The van der Waals surface area contributed by atoms with E-state index in [-0.39, 0.29) is 27.5 Å². The number of nitriles is 1. The van der Waals surface area contributed by atoms with Gasteiger partial charge in [-0.25, -0.2) is 4.98 Å². The molecule has 2 rings (SSSR count). The average Bonchev–Trinajstić information content (AvgIpc) is 2.50. The summed E-state index contributed by atoms with van der Waals surface area (Å²) >= 11 is 6.07. The predicted molar refractivity (Wildman–Crippen MR) is 86.3 cm³/mol. The Morgan fingerprint density at radius 1 is 1.26 bits per heavy atom. The summed E-state index contributed by atoms with van der Waals surface area (Å²) in [5.41, 5.74) is 6.80. The summed E-state index contributed by atoms with van der Waals surface area (Å²) in [5.74, 6) is -1.43. The normalized spacial score (nSPS) is 10.0. The van der Waals surface area contributed by atoms with Crippen LogP contribution in [0, 0.1) is 25.2 Å². The maximum atomic E-state index is 12.5. The molecule has 0 saturated heterocycles. The Labute approximate surface area is 137 Å². The van der Waals surface area contributed by atoms with Crippen molar-refractivity contribution in [1.82, 2.24) is 4.98 Å². The lowest BCUT2D eigenvalue weighted by atomic mass is 10.1. The fourth-order valence-corrected chi connectivity index (χ4v) is 2.25. The van der Waals surface area contributed by atoms with E-state index < -0.39 is 11.8 Å². The summed E-state index contributed by atoms with van der Waals surface area (Å²) in [7, 11) is 0. The molecule has 0 saturated carbocycles. The Balaban J connectivity index is 2.50. The molecule has 0 radical (unpaired) electrons. The van der Waals surface area contributed by atoms with Gasteiger partial charge in [-0.15, -0.1) is 0 Å². The highest BCUT2D eigenvalue weighted by Gasteiger charge is 2.20. The lowest BCUT2D eigenvalue weighted by Gasteiger charge is -2.12. The summed E-state index contributed by atoms with van der Waals surface area (Å²) < 4.78 is 0. The van der Waals surface area contributed by atoms with Crippen LogP contribution in [0.1, 0.15) is 37.7 Å². The Hall–Kier alpha value is -2.91.